The third kappa shape index (κ3) is 5.22. The summed E-state index contributed by atoms with van der Waals surface area (Å²) in [5.41, 5.74) is 1.14. The number of hydrogen-bond acceptors (Lipinski definition) is 6. The van der Waals surface area contributed by atoms with E-state index in [0.29, 0.717) is 5.75 Å². The van der Waals surface area contributed by atoms with Gasteiger partial charge in [-0.2, -0.15) is 0 Å². The molecule has 2 rings (SSSR count). The van der Waals surface area contributed by atoms with Crippen LogP contribution < -0.4 is 10.1 Å². The van der Waals surface area contributed by atoms with Crippen LogP contribution >= 0.6 is 0 Å². The van der Waals surface area contributed by atoms with Gasteiger partial charge in [0.15, 0.2) is 0 Å². The Bertz CT molecular complexity index is 633. The van der Waals surface area contributed by atoms with E-state index in [-0.39, 0.29) is 18.8 Å². The van der Waals surface area contributed by atoms with E-state index in [4.69, 9.17) is 9.47 Å². The van der Waals surface area contributed by atoms with Crippen molar-refractivity contribution < 1.29 is 24.5 Å². The van der Waals surface area contributed by atoms with Gasteiger partial charge < -0.3 is 25.0 Å². The summed E-state index contributed by atoms with van der Waals surface area (Å²) in [5.74, 6) is 0.544. The second-order valence-electron chi connectivity index (χ2n) is 5.08. The van der Waals surface area contributed by atoms with E-state index in [1.54, 1.807) is 12.1 Å². The molecule has 1 aromatic heterocycles. The first kappa shape index (κ1) is 17.7. The Balaban J connectivity index is 1.76. The van der Waals surface area contributed by atoms with Crippen molar-refractivity contribution in [2.24, 2.45) is 0 Å². The van der Waals surface area contributed by atoms with Gasteiger partial charge in [-0.15, -0.1) is 0 Å². The number of aliphatic hydroxyl groups excluding tert-OH is 2. The van der Waals surface area contributed by atoms with Crippen molar-refractivity contribution in [1.29, 1.82) is 0 Å². The number of aliphatic hydroxyl groups is 2. The molecule has 1 aromatic carbocycles. The van der Waals surface area contributed by atoms with Gasteiger partial charge in [-0.05, 0) is 17.7 Å². The number of hydrogen-bond donors (Lipinski definition) is 3. The predicted molar refractivity (Wildman–Crippen MR) is 86.4 cm³/mol. The summed E-state index contributed by atoms with van der Waals surface area (Å²) in [6.45, 7) is -0.0339. The maximum absolute atomic E-state index is 11.6. The summed E-state index contributed by atoms with van der Waals surface area (Å²) in [6.07, 6.45) is -1.68. The number of rotatable bonds is 7. The number of benzene rings is 1. The van der Waals surface area contributed by atoms with E-state index in [1.807, 2.05) is 30.3 Å². The van der Waals surface area contributed by atoms with Crippen LogP contribution in [0.1, 0.15) is 17.4 Å². The summed E-state index contributed by atoms with van der Waals surface area (Å²) >= 11 is 0. The normalized spacial score (nSPS) is 13.0. The first-order valence-corrected chi connectivity index (χ1v) is 7.40. The first-order chi connectivity index (χ1) is 11.6. The Morgan fingerprint density at radius 2 is 1.96 bits per heavy atom. The van der Waals surface area contributed by atoms with Crippen molar-refractivity contribution in [3.63, 3.8) is 0 Å². The van der Waals surface area contributed by atoms with Gasteiger partial charge in [-0.1, -0.05) is 30.3 Å². The lowest BCUT2D eigenvalue weighted by Crippen LogP contribution is -2.36. The van der Waals surface area contributed by atoms with Crippen LogP contribution in [0.15, 0.2) is 48.7 Å². The molecule has 1 amide bonds. The average molecular weight is 332 g/mol. The minimum atomic E-state index is -1.23. The monoisotopic (exact) mass is 332 g/mol. The fraction of sp³-hybridized carbons (Fsp3) is 0.294. The molecule has 3 N–H and O–H groups in total. The molecule has 2 unspecified atom stereocenters. The van der Waals surface area contributed by atoms with E-state index in [2.05, 4.69) is 10.3 Å². The number of alkyl carbamates (subject to hydrolysis) is 1. The van der Waals surface area contributed by atoms with Gasteiger partial charge in [0, 0.05) is 6.54 Å². The maximum atomic E-state index is 11.6. The lowest BCUT2D eigenvalue weighted by Gasteiger charge is -2.18. The molecule has 0 spiro atoms. The molecule has 1 heterocycles. The first-order valence-electron chi connectivity index (χ1n) is 7.40. The summed E-state index contributed by atoms with van der Waals surface area (Å²) in [6, 6.07) is 12.4. The highest BCUT2D eigenvalue weighted by Crippen LogP contribution is 2.17. The predicted octanol–water partition coefficient (Wildman–Crippen LogP) is 1.41. The van der Waals surface area contributed by atoms with Crippen LogP contribution in [0.3, 0.4) is 0 Å². The highest BCUT2D eigenvalue weighted by atomic mass is 16.5. The van der Waals surface area contributed by atoms with Gasteiger partial charge >= 0.3 is 6.09 Å². The van der Waals surface area contributed by atoms with Gasteiger partial charge in [0.05, 0.1) is 19.0 Å². The van der Waals surface area contributed by atoms with Gasteiger partial charge in [0.2, 0.25) is 0 Å². The molecule has 0 saturated heterocycles. The summed E-state index contributed by atoms with van der Waals surface area (Å²) in [7, 11) is 1.51. The van der Waals surface area contributed by atoms with Gasteiger partial charge in [0.1, 0.15) is 24.6 Å². The minimum Gasteiger partial charge on any atom is -0.495 e. The standard InChI is InChI=1S/C17H20N2O5/c1-23-13-7-8-14(18-9-13)16(21)15(20)10-19-17(22)24-11-12-5-3-2-4-6-12/h2-9,15-16,20-21H,10-11H2,1H3,(H,19,22). The van der Waals surface area contributed by atoms with Crippen molar-refractivity contribution in [3.05, 3.63) is 59.9 Å². The highest BCUT2D eigenvalue weighted by molar-refractivity contribution is 5.67. The van der Waals surface area contributed by atoms with E-state index in [1.165, 1.54) is 13.3 Å². The lowest BCUT2D eigenvalue weighted by molar-refractivity contribution is 0.0159. The molecule has 0 aliphatic rings. The van der Waals surface area contributed by atoms with Crippen LogP contribution in [0.2, 0.25) is 0 Å². The Morgan fingerprint density at radius 1 is 1.21 bits per heavy atom. The second kappa shape index (κ2) is 8.85. The van der Waals surface area contributed by atoms with E-state index >= 15 is 0 Å². The zero-order valence-corrected chi connectivity index (χ0v) is 13.3. The number of ether oxygens (including phenoxy) is 2. The van der Waals surface area contributed by atoms with E-state index in [0.717, 1.165) is 5.56 Å². The van der Waals surface area contributed by atoms with E-state index in [9.17, 15) is 15.0 Å². The molecule has 0 saturated carbocycles. The number of amides is 1. The third-order valence-corrected chi connectivity index (χ3v) is 3.33. The van der Waals surface area contributed by atoms with Crippen LogP contribution in [0.25, 0.3) is 0 Å². The van der Waals surface area contributed by atoms with Gasteiger partial charge in [0.25, 0.3) is 0 Å². The average Bonchev–Trinajstić information content (AvgIpc) is 2.64. The smallest absolute Gasteiger partial charge is 0.407 e. The number of methoxy groups -OCH3 is 1. The van der Waals surface area contributed by atoms with Crippen LogP contribution in [0, 0.1) is 0 Å². The van der Waals surface area contributed by atoms with Crippen molar-refractivity contribution in [3.8, 4) is 5.75 Å². The third-order valence-electron chi connectivity index (χ3n) is 3.33. The zero-order valence-electron chi connectivity index (χ0n) is 13.3. The summed E-state index contributed by atoms with van der Waals surface area (Å²) in [5, 5.41) is 22.4. The molecule has 7 heteroatoms. The Morgan fingerprint density at radius 3 is 2.58 bits per heavy atom. The molecule has 0 radical (unpaired) electrons. The molecule has 24 heavy (non-hydrogen) atoms. The zero-order chi connectivity index (χ0) is 17.4. The molecule has 0 aliphatic carbocycles. The lowest BCUT2D eigenvalue weighted by atomic mass is 10.1. The van der Waals surface area contributed by atoms with Crippen LogP contribution in [0.5, 0.6) is 5.75 Å². The Labute approximate surface area is 139 Å². The quantitative estimate of drug-likeness (QED) is 0.709. The number of nitrogens with zero attached hydrogens (tertiary/aromatic N) is 1. The van der Waals surface area contributed by atoms with Crippen LogP contribution in [0.4, 0.5) is 4.79 Å². The minimum absolute atomic E-state index is 0.130. The SMILES string of the molecule is COc1ccc(C(O)C(O)CNC(=O)OCc2ccccc2)nc1. The molecule has 7 nitrogen and oxygen atoms in total. The molecular weight excluding hydrogens is 312 g/mol. The fourth-order valence-corrected chi connectivity index (χ4v) is 1.96. The van der Waals surface area contributed by atoms with Crippen molar-refractivity contribution in [1.82, 2.24) is 10.3 Å². The van der Waals surface area contributed by atoms with Crippen molar-refractivity contribution >= 4 is 6.09 Å². The molecule has 2 aromatic rings. The molecular formula is C17H20N2O5. The van der Waals surface area contributed by atoms with Gasteiger partial charge in [-0.3, -0.25) is 4.98 Å². The Hall–Kier alpha value is -2.64. The topological polar surface area (TPSA) is 101 Å². The van der Waals surface area contributed by atoms with Gasteiger partial charge in [-0.25, -0.2) is 4.79 Å². The summed E-state index contributed by atoms with van der Waals surface area (Å²) in [4.78, 5) is 15.6. The number of aromatic nitrogens is 1. The largest absolute Gasteiger partial charge is 0.495 e. The highest BCUT2D eigenvalue weighted by Gasteiger charge is 2.20. The van der Waals surface area contributed by atoms with Crippen LogP contribution in [-0.4, -0.2) is 41.0 Å². The van der Waals surface area contributed by atoms with Crippen molar-refractivity contribution in [2.45, 2.75) is 18.8 Å². The second-order valence-corrected chi connectivity index (χ2v) is 5.08. The van der Waals surface area contributed by atoms with E-state index < -0.39 is 18.3 Å². The fourth-order valence-electron chi connectivity index (χ4n) is 1.96. The molecule has 0 bridgehead atoms. The number of carbonyl (C=O) groups excluding carboxylic acids is 1. The molecule has 2 atom stereocenters. The maximum Gasteiger partial charge on any atom is 0.407 e. The molecule has 128 valence electrons. The van der Waals surface area contributed by atoms with Crippen molar-refractivity contribution in [2.75, 3.05) is 13.7 Å². The summed E-state index contributed by atoms with van der Waals surface area (Å²) < 4.78 is 9.99. The number of carbonyl (C=O) groups is 1. The Kier molecular flexibility index (Phi) is 6.53. The molecule has 0 aliphatic heterocycles. The number of nitrogens with one attached hydrogen (secondary N) is 1. The number of pyridine rings is 1. The van der Waals surface area contributed by atoms with Crippen LogP contribution in [-0.2, 0) is 11.3 Å². The molecule has 0 fully saturated rings.